The van der Waals surface area contributed by atoms with E-state index in [1.807, 2.05) is 6.92 Å². The van der Waals surface area contributed by atoms with Crippen LogP contribution in [-0.2, 0) is 4.79 Å². The lowest BCUT2D eigenvalue weighted by Crippen LogP contribution is -2.72. The molecule has 0 aromatic heterocycles. The number of fused-ring (bicyclic) bond motifs is 7. The van der Waals surface area contributed by atoms with E-state index >= 15 is 0 Å². The Morgan fingerprint density at radius 2 is 1.54 bits per heavy atom. The van der Waals surface area contributed by atoms with Crippen LogP contribution in [0.1, 0.15) is 92.4 Å². The summed E-state index contributed by atoms with van der Waals surface area (Å²) in [7, 11) is 0. The zero-order valence-electron chi connectivity index (χ0n) is 23.3. The number of hydrogen-bond donors (Lipinski definition) is 6. The smallest absolute Gasteiger partial charge is 0.310 e. The van der Waals surface area contributed by atoms with Gasteiger partial charge in [-0.3, -0.25) is 4.79 Å². The minimum atomic E-state index is -1.79. The molecule has 0 aliphatic heterocycles. The molecule has 2 unspecified atom stereocenters. The normalized spacial score (nSPS) is 57.3. The van der Waals surface area contributed by atoms with Crippen molar-refractivity contribution in [3.8, 4) is 0 Å². The summed E-state index contributed by atoms with van der Waals surface area (Å²) < 4.78 is 0. The molecule has 0 saturated heterocycles. The largest absolute Gasteiger partial charge is 0.481 e. The van der Waals surface area contributed by atoms with Crippen LogP contribution < -0.4 is 0 Å². The number of carboxylic acids is 1. The molecule has 0 bridgehead atoms. The summed E-state index contributed by atoms with van der Waals surface area (Å²) in [6, 6.07) is 0. The van der Waals surface area contributed by atoms with E-state index in [9.17, 15) is 35.4 Å². The highest BCUT2D eigenvalue weighted by molar-refractivity contribution is 5.77. The molecule has 6 N–H and O–H groups in total. The van der Waals surface area contributed by atoms with Gasteiger partial charge in [-0.25, -0.2) is 0 Å². The molecule has 11 atom stereocenters. The van der Waals surface area contributed by atoms with Crippen molar-refractivity contribution in [2.45, 2.75) is 110 Å². The Morgan fingerprint density at radius 3 is 2.14 bits per heavy atom. The SMILES string of the molecule is CC1(CO)C2CC[C@]3(C)[C@H](CC=C4[C@H]5[C@](C(=O)O)(CC[C@@](O)(CO)[C@@]5(C)O)CC[C@]43C)[C@@]2(C)CC[C@H]1O. The molecular weight excluding hydrogens is 472 g/mol. The Morgan fingerprint density at radius 1 is 0.892 bits per heavy atom. The summed E-state index contributed by atoms with van der Waals surface area (Å²) in [5, 5.41) is 65.3. The Bertz CT molecular complexity index is 1010. The maximum Gasteiger partial charge on any atom is 0.310 e. The number of aliphatic carboxylic acids is 1. The molecule has 37 heavy (non-hydrogen) atoms. The van der Waals surface area contributed by atoms with E-state index in [-0.39, 0.29) is 47.5 Å². The third-order valence-electron chi connectivity index (χ3n) is 13.8. The maximum atomic E-state index is 12.9. The molecule has 0 aromatic carbocycles. The van der Waals surface area contributed by atoms with Crippen LogP contribution in [0.2, 0.25) is 0 Å². The molecule has 0 amide bonds. The van der Waals surface area contributed by atoms with Gasteiger partial charge >= 0.3 is 5.97 Å². The van der Waals surface area contributed by atoms with Gasteiger partial charge in [0, 0.05) is 11.3 Å². The van der Waals surface area contributed by atoms with Gasteiger partial charge in [-0.05, 0) is 92.8 Å². The molecule has 0 radical (unpaired) electrons. The second-order valence-corrected chi connectivity index (χ2v) is 14.7. The molecule has 4 saturated carbocycles. The molecule has 5 aliphatic rings. The fraction of sp³-hybridized carbons (Fsp3) is 0.900. The zero-order valence-corrected chi connectivity index (χ0v) is 23.3. The summed E-state index contributed by atoms with van der Waals surface area (Å²) in [6.07, 6.45) is 7.11. The van der Waals surface area contributed by atoms with E-state index in [2.05, 4.69) is 26.8 Å². The van der Waals surface area contributed by atoms with Crippen LogP contribution in [0, 0.1) is 44.8 Å². The number of aliphatic hydroxyl groups excluding tert-OH is 3. The van der Waals surface area contributed by atoms with E-state index in [0.29, 0.717) is 19.3 Å². The lowest BCUT2D eigenvalue weighted by molar-refractivity contribution is -0.257. The molecule has 0 heterocycles. The quantitative estimate of drug-likeness (QED) is 0.314. The van der Waals surface area contributed by atoms with Gasteiger partial charge < -0.3 is 30.6 Å². The highest BCUT2D eigenvalue weighted by atomic mass is 16.4. The van der Waals surface area contributed by atoms with Crippen LogP contribution >= 0.6 is 0 Å². The van der Waals surface area contributed by atoms with Gasteiger partial charge in [-0.1, -0.05) is 39.3 Å². The molecule has 7 heteroatoms. The predicted octanol–water partition coefficient (Wildman–Crippen LogP) is 3.26. The second-order valence-electron chi connectivity index (χ2n) is 14.7. The first-order valence-electron chi connectivity index (χ1n) is 14.3. The Hall–Kier alpha value is -0.990. The second kappa shape index (κ2) is 8.03. The lowest BCUT2D eigenvalue weighted by atomic mass is 9.33. The summed E-state index contributed by atoms with van der Waals surface area (Å²) in [6.45, 7) is 9.83. The summed E-state index contributed by atoms with van der Waals surface area (Å²) >= 11 is 0. The van der Waals surface area contributed by atoms with E-state index in [1.165, 1.54) is 6.92 Å². The van der Waals surface area contributed by atoms with Gasteiger partial charge in [0.1, 0.15) is 11.2 Å². The van der Waals surface area contributed by atoms with E-state index in [0.717, 1.165) is 31.3 Å². The van der Waals surface area contributed by atoms with Crippen molar-refractivity contribution in [1.82, 2.24) is 0 Å². The standard InChI is InChI=1S/C30H48O7/c1-24-10-9-21(33)25(2,16-31)19(24)8-11-27(4)20(24)7-6-18-22-28(5,36)30(37,17-32)15-14-29(22,23(34)35)13-12-26(18,27)3/h6,19-22,31-33,36-37H,7-17H2,1-5H3,(H,34,35)/t19?,20-,21-,22-,24+,25?,26-,27-,28+,29-,30-/m1/s1. The van der Waals surface area contributed by atoms with Gasteiger partial charge in [0.05, 0.1) is 24.7 Å². The number of rotatable bonds is 3. The fourth-order valence-electron chi connectivity index (χ4n) is 11.0. The molecule has 0 spiro atoms. The van der Waals surface area contributed by atoms with E-state index in [4.69, 9.17) is 0 Å². The van der Waals surface area contributed by atoms with Crippen molar-refractivity contribution in [3.05, 3.63) is 11.6 Å². The van der Waals surface area contributed by atoms with Crippen molar-refractivity contribution in [3.63, 3.8) is 0 Å². The number of allylic oxidation sites excluding steroid dienone is 1. The maximum absolute atomic E-state index is 12.9. The average Bonchev–Trinajstić information content (AvgIpc) is 2.84. The molecule has 5 rings (SSSR count). The van der Waals surface area contributed by atoms with Crippen molar-refractivity contribution in [2.24, 2.45) is 44.8 Å². The minimum absolute atomic E-state index is 0.0397. The van der Waals surface area contributed by atoms with Gasteiger partial charge in [0.2, 0.25) is 0 Å². The van der Waals surface area contributed by atoms with Crippen molar-refractivity contribution < 1.29 is 35.4 Å². The summed E-state index contributed by atoms with van der Waals surface area (Å²) in [4.78, 5) is 12.9. The van der Waals surface area contributed by atoms with Gasteiger partial charge in [0.25, 0.3) is 0 Å². The highest BCUT2D eigenvalue weighted by Gasteiger charge is 2.73. The molecule has 4 fully saturated rings. The van der Waals surface area contributed by atoms with Crippen LogP contribution in [0.3, 0.4) is 0 Å². The zero-order chi connectivity index (χ0) is 27.4. The van der Waals surface area contributed by atoms with Crippen molar-refractivity contribution >= 4 is 5.97 Å². The Balaban J connectivity index is 1.65. The summed E-state index contributed by atoms with van der Waals surface area (Å²) in [5.41, 5.74) is -4.97. The van der Waals surface area contributed by atoms with Gasteiger partial charge in [0.15, 0.2) is 0 Å². The first-order chi connectivity index (χ1) is 17.0. The third kappa shape index (κ3) is 3.04. The first kappa shape index (κ1) is 27.6. The fourth-order valence-corrected chi connectivity index (χ4v) is 11.0. The van der Waals surface area contributed by atoms with Crippen molar-refractivity contribution in [1.29, 1.82) is 0 Å². The lowest BCUT2D eigenvalue weighted by Gasteiger charge is -2.72. The van der Waals surface area contributed by atoms with Crippen LogP contribution in [0.15, 0.2) is 11.6 Å². The Labute approximate surface area is 221 Å². The van der Waals surface area contributed by atoms with Crippen molar-refractivity contribution in [2.75, 3.05) is 13.2 Å². The van der Waals surface area contributed by atoms with Crippen LogP contribution in [-0.4, -0.2) is 67.1 Å². The highest BCUT2D eigenvalue weighted by Crippen LogP contribution is 2.76. The molecule has 210 valence electrons. The monoisotopic (exact) mass is 520 g/mol. The van der Waals surface area contributed by atoms with Crippen LogP contribution in [0.4, 0.5) is 0 Å². The molecular formula is C30H48O7. The average molecular weight is 521 g/mol. The topological polar surface area (TPSA) is 138 Å². The number of carboxylic acid groups (broad SMARTS) is 1. The van der Waals surface area contributed by atoms with Crippen LogP contribution in [0.5, 0.6) is 0 Å². The minimum Gasteiger partial charge on any atom is -0.481 e. The Kier molecular flexibility index (Phi) is 5.98. The molecule has 0 aromatic rings. The summed E-state index contributed by atoms with van der Waals surface area (Å²) in [5.74, 6) is -1.25. The number of carbonyl (C=O) groups is 1. The third-order valence-corrected chi connectivity index (χ3v) is 13.8. The first-order valence-corrected chi connectivity index (χ1v) is 14.3. The van der Waals surface area contributed by atoms with Gasteiger partial charge in [-0.15, -0.1) is 0 Å². The molecule has 5 aliphatic carbocycles. The van der Waals surface area contributed by atoms with E-state index in [1.54, 1.807) is 0 Å². The van der Waals surface area contributed by atoms with Gasteiger partial charge in [-0.2, -0.15) is 0 Å². The van der Waals surface area contributed by atoms with Crippen LogP contribution in [0.25, 0.3) is 0 Å². The van der Waals surface area contributed by atoms with E-state index < -0.39 is 46.6 Å². The number of aliphatic hydroxyl groups is 5. The predicted molar refractivity (Wildman–Crippen MR) is 138 cm³/mol. The number of hydrogen-bond acceptors (Lipinski definition) is 6. The molecule has 7 nitrogen and oxygen atoms in total.